The van der Waals surface area contributed by atoms with Crippen molar-refractivity contribution in [3.05, 3.63) is 53.6 Å². The standard InChI is InChI=1S/C17H18ClNO3S/c1-17(2,16(20)19-21)11-23-15-9-7-14(8-10-15)22-13-5-3-12(18)4-6-13/h3-10,21H,11H2,1-2H3,(H,19,20). The fourth-order valence-corrected chi connectivity index (χ4v) is 2.84. The van der Waals surface area contributed by atoms with Gasteiger partial charge in [-0.2, -0.15) is 0 Å². The molecular formula is C17H18ClNO3S. The molecular weight excluding hydrogens is 334 g/mol. The summed E-state index contributed by atoms with van der Waals surface area (Å²) in [5.41, 5.74) is 1.05. The van der Waals surface area contributed by atoms with E-state index in [1.54, 1.807) is 55.4 Å². The van der Waals surface area contributed by atoms with Crippen LogP contribution in [0, 0.1) is 5.41 Å². The zero-order valence-electron chi connectivity index (χ0n) is 12.9. The number of nitrogens with one attached hydrogen (secondary N) is 1. The summed E-state index contributed by atoms with van der Waals surface area (Å²) in [7, 11) is 0. The van der Waals surface area contributed by atoms with Gasteiger partial charge in [0, 0.05) is 15.7 Å². The number of carbonyl (C=O) groups excluding carboxylic acids is 1. The second-order valence-corrected chi connectivity index (χ2v) is 7.13. The van der Waals surface area contributed by atoms with Crippen molar-refractivity contribution < 1.29 is 14.7 Å². The van der Waals surface area contributed by atoms with E-state index in [9.17, 15) is 4.79 Å². The molecule has 0 bridgehead atoms. The van der Waals surface area contributed by atoms with Gasteiger partial charge in [0.25, 0.3) is 0 Å². The summed E-state index contributed by atoms with van der Waals surface area (Å²) in [5, 5.41) is 9.39. The zero-order chi connectivity index (χ0) is 16.9. The molecule has 0 saturated heterocycles. The number of ether oxygens (including phenoxy) is 1. The average molecular weight is 352 g/mol. The first-order chi connectivity index (χ1) is 10.9. The second-order valence-electron chi connectivity index (χ2n) is 5.64. The molecule has 2 aromatic rings. The Bertz CT molecular complexity index is 657. The molecule has 0 fully saturated rings. The summed E-state index contributed by atoms with van der Waals surface area (Å²) in [6.45, 7) is 3.56. The second kappa shape index (κ2) is 7.73. The van der Waals surface area contributed by atoms with Gasteiger partial charge in [-0.15, -0.1) is 11.8 Å². The number of rotatable bonds is 6. The van der Waals surface area contributed by atoms with Gasteiger partial charge in [0.1, 0.15) is 11.5 Å². The van der Waals surface area contributed by atoms with E-state index in [1.807, 2.05) is 24.3 Å². The highest BCUT2D eigenvalue weighted by atomic mass is 35.5. The first kappa shape index (κ1) is 17.7. The highest BCUT2D eigenvalue weighted by Gasteiger charge is 2.27. The minimum absolute atomic E-state index is 0.396. The highest BCUT2D eigenvalue weighted by Crippen LogP contribution is 2.30. The van der Waals surface area contributed by atoms with E-state index in [-0.39, 0.29) is 0 Å². The minimum atomic E-state index is -0.655. The smallest absolute Gasteiger partial charge is 0.249 e. The minimum Gasteiger partial charge on any atom is -0.457 e. The van der Waals surface area contributed by atoms with E-state index in [1.165, 1.54) is 0 Å². The first-order valence-electron chi connectivity index (χ1n) is 7.01. The number of hydrogen-bond acceptors (Lipinski definition) is 4. The fourth-order valence-electron chi connectivity index (χ4n) is 1.72. The maximum atomic E-state index is 11.5. The molecule has 0 aromatic heterocycles. The van der Waals surface area contributed by atoms with E-state index in [0.717, 1.165) is 16.4 Å². The lowest BCUT2D eigenvalue weighted by molar-refractivity contribution is -0.136. The fraction of sp³-hybridized carbons (Fsp3) is 0.235. The Labute approximate surface area is 144 Å². The molecule has 0 radical (unpaired) electrons. The van der Waals surface area contributed by atoms with Crippen LogP contribution in [0.2, 0.25) is 5.02 Å². The molecule has 0 atom stereocenters. The van der Waals surface area contributed by atoms with E-state index in [0.29, 0.717) is 10.8 Å². The number of hydroxylamine groups is 1. The van der Waals surface area contributed by atoms with Gasteiger partial charge < -0.3 is 4.74 Å². The molecule has 122 valence electrons. The van der Waals surface area contributed by atoms with Crippen LogP contribution in [0.5, 0.6) is 11.5 Å². The van der Waals surface area contributed by atoms with Gasteiger partial charge in [0.05, 0.1) is 5.41 Å². The lowest BCUT2D eigenvalue weighted by atomic mass is 9.96. The van der Waals surface area contributed by atoms with Gasteiger partial charge in [-0.25, -0.2) is 5.48 Å². The summed E-state index contributed by atoms with van der Waals surface area (Å²) in [6, 6.07) is 14.8. The normalized spacial score (nSPS) is 11.1. The molecule has 2 aromatic carbocycles. The van der Waals surface area contributed by atoms with Gasteiger partial charge in [-0.3, -0.25) is 10.0 Å². The SMILES string of the molecule is CC(C)(CSc1ccc(Oc2ccc(Cl)cc2)cc1)C(=O)NO. The van der Waals surface area contributed by atoms with Crippen LogP contribution in [0.15, 0.2) is 53.4 Å². The predicted molar refractivity (Wildman–Crippen MR) is 92.4 cm³/mol. The van der Waals surface area contributed by atoms with E-state index >= 15 is 0 Å². The molecule has 4 nitrogen and oxygen atoms in total. The summed E-state index contributed by atoms with van der Waals surface area (Å²) in [6.07, 6.45) is 0. The Kier molecular flexibility index (Phi) is 5.93. The van der Waals surface area contributed by atoms with Gasteiger partial charge in [-0.05, 0) is 48.5 Å². The summed E-state index contributed by atoms with van der Waals surface area (Å²) < 4.78 is 5.72. The molecule has 0 spiro atoms. The quantitative estimate of drug-likeness (QED) is 0.447. The summed E-state index contributed by atoms with van der Waals surface area (Å²) in [5.74, 6) is 1.60. The van der Waals surface area contributed by atoms with Crippen molar-refractivity contribution in [3.8, 4) is 11.5 Å². The number of hydrogen-bond donors (Lipinski definition) is 2. The van der Waals surface area contributed by atoms with Crippen LogP contribution in [-0.2, 0) is 4.79 Å². The van der Waals surface area contributed by atoms with Crippen LogP contribution >= 0.6 is 23.4 Å². The van der Waals surface area contributed by atoms with Crippen LogP contribution in [0.3, 0.4) is 0 Å². The monoisotopic (exact) mass is 351 g/mol. The summed E-state index contributed by atoms with van der Waals surface area (Å²) in [4.78, 5) is 12.6. The van der Waals surface area contributed by atoms with Crippen LogP contribution in [0.25, 0.3) is 0 Å². The predicted octanol–water partition coefficient (Wildman–Crippen LogP) is 4.76. The van der Waals surface area contributed by atoms with Crippen molar-refractivity contribution >= 4 is 29.3 Å². The number of benzene rings is 2. The number of carbonyl (C=O) groups is 1. The van der Waals surface area contributed by atoms with E-state index < -0.39 is 11.3 Å². The third-order valence-corrected chi connectivity index (χ3v) is 4.91. The largest absolute Gasteiger partial charge is 0.457 e. The maximum Gasteiger partial charge on any atom is 0.249 e. The van der Waals surface area contributed by atoms with Crippen molar-refractivity contribution in [1.29, 1.82) is 0 Å². The van der Waals surface area contributed by atoms with Crippen LogP contribution in [-0.4, -0.2) is 16.9 Å². The van der Waals surface area contributed by atoms with Gasteiger partial charge >= 0.3 is 0 Å². The average Bonchev–Trinajstić information content (AvgIpc) is 2.55. The lowest BCUT2D eigenvalue weighted by Gasteiger charge is -2.21. The molecule has 0 unspecified atom stereocenters. The van der Waals surface area contributed by atoms with Crippen molar-refractivity contribution in [3.63, 3.8) is 0 Å². The van der Waals surface area contributed by atoms with Crippen molar-refractivity contribution in [2.45, 2.75) is 18.7 Å². The third-order valence-electron chi connectivity index (χ3n) is 3.19. The molecule has 0 aliphatic rings. The van der Waals surface area contributed by atoms with Gasteiger partial charge in [-0.1, -0.05) is 25.4 Å². The molecule has 1 amide bonds. The van der Waals surface area contributed by atoms with Crippen molar-refractivity contribution in [1.82, 2.24) is 5.48 Å². The molecule has 0 aliphatic carbocycles. The molecule has 0 saturated carbocycles. The van der Waals surface area contributed by atoms with E-state index in [4.69, 9.17) is 21.5 Å². The number of thioether (sulfide) groups is 1. The van der Waals surface area contributed by atoms with Gasteiger partial charge in [0.15, 0.2) is 0 Å². The molecule has 2 N–H and O–H groups in total. The Morgan fingerprint density at radius 2 is 1.65 bits per heavy atom. The molecule has 0 aliphatic heterocycles. The Balaban J connectivity index is 1.94. The van der Waals surface area contributed by atoms with E-state index in [2.05, 4.69) is 0 Å². The lowest BCUT2D eigenvalue weighted by Crippen LogP contribution is -2.36. The Hall–Kier alpha value is -1.69. The summed E-state index contributed by atoms with van der Waals surface area (Å²) >= 11 is 7.38. The maximum absolute atomic E-state index is 11.5. The molecule has 23 heavy (non-hydrogen) atoms. The highest BCUT2D eigenvalue weighted by molar-refractivity contribution is 7.99. The van der Waals surface area contributed by atoms with Crippen LogP contribution < -0.4 is 10.2 Å². The topological polar surface area (TPSA) is 58.6 Å². The van der Waals surface area contributed by atoms with Gasteiger partial charge in [0.2, 0.25) is 5.91 Å². The Morgan fingerprint density at radius 1 is 1.13 bits per heavy atom. The van der Waals surface area contributed by atoms with Crippen LogP contribution in [0.1, 0.15) is 13.8 Å². The number of amides is 1. The third kappa shape index (κ3) is 5.16. The molecule has 2 rings (SSSR count). The Morgan fingerprint density at radius 3 is 2.17 bits per heavy atom. The molecule has 0 heterocycles. The zero-order valence-corrected chi connectivity index (χ0v) is 14.4. The number of halogens is 1. The molecule has 6 heteroatoms. The van der Waals surface area contributed by atoms with Crippen molar-refractivity contribution in [2.75, 3.05) is 5.75 Å². The van der Waals surface area contributed by atoms with Crippen molar-refractivity contribution in [2.24, 2.45) is 5.41 Å². The first-order valence-corrected chi connectivity index (χ1v) is 8.38. The van der Waals surface area contributed by atoms with Crippen LogP contribution in [0.4, 0.5) is 0 Å².